The number of esters is 1. The van der Waals surface area contributed by atoms with Gasteiger partial charge in [0.2, 0.25) is 5.91 Å². The number of hydrogen-bond acceptors (Lipinski definition) is 4. The first-order chi connectivity index (χ1) is 14.3. The molecule has 1 amide bonds. The highest BCUT2D eigenvalue weighted by molar-refractivity contribution is 9.10. The molecule has 1 saturated heterocycles. The molecule has 0 spiro atoms. The molecule has 2 aromatic carbocycles. The van der Waals surface area contributed by atoms with Gasteiger partial charge in [-0.2, -0.15) is 0 Å². The van der Waals surface area contributed by atoms with Gasteiger partial charge in [0, 0.05) is 16.6 Å². The number of rotatable bonds is 6. The van der Waals surface area contributed by atoms with Crippen LogP contribution < -0.4 is 0 Å². The molecule has 158 valence electrons. The number of ketones is 1. The van der Waals surface area contributed by atoms with Gasteiger partial charge < -0.3 is 9.64 Å². The third kappa shape index (κ3) is 4.64. The Morgan fingerprint density at radius 3 is 2.10 bits per heavy atom. The van der Waals surface area contributed by atoms with Crippen LogP contribution in [0.5, 0.6) is 0 Å². The van der Waals surface area contributed by atoms with Crippen LogP contribution in [0.2, 0.25) is 0 Å². The summed E-state index contributed by atoms with van der Waals surface area (Å²) < 4.78 is 5.83. The predicted molar refractivity (Wildman–Crippen MR) is 119 cm³/mol. The van der Waals surface area contributed by atoms with E-state index in [9.17, 15) is 14.4 Å². The second-order valence-corrected chi connectivity index (χ2v) is 8.80. The van der Waals surface area contributed by atoms with Crippen molar-refractivity contribution in [3.63, 3.8) is 0 Å². The summed E-state index contributed by atoms with van der Waals surface area (Å²) in [5.74, 6) is -2.05. The highest BCUT2D eigenvalue weighted by Gasteiger charge is 2.41. The van der Waals surface area contributed by atoms with Crippen molar-refractivity contribution in [1.82, 2.24) is 4.90 Å². The molecule has 0 bridgehead atoms. The van der Waals surface area contributed by atoms with E-state index in [0.717, 1.165) is 22.0 Å². The largest absolute Gasteiger partial charge is 0.468 e. The number of halogens is 1. The average molecular weight is 472 g/mol. The molecule has 0 aliphatic carbocycles. The van der Waals surface area contributed by atoms with Crippen LogP contribution in [0.1, 0.15) is 37.0 Å². The van der Waals surface area contributed by atoms with E-state index < -0.39 is 17.9 Å². The number of benzene rings is 2. The summed E-state index contributed by atoms with van der Waals surface area (Å²) in [5, 5.41) is 0. The minimum absolute atomic E-state index is 0.0874. The summed E-state index contributed by atoms with van der Waals surface area (Å²) in [7, 11) is 1.28. The number of nitrogens with zero attached hydrogens (tertiary/aromatic N) is 1. The molecule has 3 rings (SSSR count). The number of carbonyl (C=O) groups excluding carboxylic acids is 3. The summed E-state index contributed by atoms with van der Waals surface area (Å²) >= 11 is 3.43. The smallest absolute Gasteiger partial charge is 0.318 e. The molecule has 2 atom stereocenters. The van der Waals surface area contributed by atoms with Gasteiger partial charge in [-0.05, 0) is 42.0 Å². The second-order valence-electron chi connectivity index (χ2n) is 7.88. The van der Waals surface area contributed by atoms with E-state index >= 15 is 0 Å². The van der Waals surface area contributed by atoms with Crippen LogP contribution in [0.4, 0.5) is 0 Å². The average Bonchev–Trinajstić information content (AvgIpc) is 3.23. The van der Waals surface area contributed by atoms with E-state index in [2.05, 4.69) is 15.9 Å². The Morgan fingerprint density at radius 1 is 1.00 bits per heavy atom. The van der Waals surface area contributed by atoms with Gasteiger partial charge in [0.25, 0.3) is 0 Å². The maximum absolute atomic E-state index is 13.2. The molecule has 2 unspecified atom stereocenters. The maximum Gasteiger partial charge on any atom is 0.318 e. The fourth-order valence-electron chi connectivity index (χ4n) is 3.93. The highest BCUT2D eigenvalue weighted by Crippen LogP contribution is 2.27. The Hall–Kier alpha value is -2.47. The van der Waals surface area contributed by atoms with Crippen molar-refractivity contribution in [2.24, 2.45) is 11.8 Å². The van der Waals surface area contributed by atoms with Crippen molar-refractivity contribution >= 4 is 33.6 Å². The van der Waals surface area contributed by atoms with Crippen molar-refractivity contribution in [2.75, 3.05) is 13.7 Å². The van der Waals surface area contributed by atoms with Crippen LogP contribution in [0.15, 0.2) is 53.0 Å². The number of carbonyl (C=O) groups is 3. The summed E-state index contributed by atoms with van der Waals surface area (Å²) in [5.41, 5.74) is 2.65. The molecule has 0 N–H and O–H groups in total. The molecule has 1 fully saturated rings. The Bertz CT molecular complexity index is 921. The van der Waals surface area contributed by atoms with Crippen molar-refractivity contribution in [2.45, 2.75) is 32.7 Å². The van der Waals surface area contributed by atoms with Crippen molar-refractivity contribution < 1.29 is 19.1 Å². The monoisotopic (exact) mass is 471 g/mol. The zero-order valence-electron chi connectivity index (χ0n) is 17.4. The van der Waals surface area contributed by atoms with Crippen LogP contribution in [-0.4, -0.2) is 42.3 Å². The molecule has 1 heterocycles. The summed E-state index contributed by atoms with van der Waals surface area (Å²) in [6, 6.07) is 14.9. The van der Waals surface area contributed by atoms with Crippen LogP contribution in [-0.2, 0) is 14.3 Å². The number of likely N-dealkylation sites (tertiary alicyclic amines) is 1. The molecule has 0 radical (unpaired) electrons. The molecule has 5 nitrogen and oxygen atoms in total. The number of amides is 1. The van der Waals surface area contributed by atoms with Crippen LogP contribution >= 0.6 is 15.9 Å². The highest BCUT2D eigenvalue weighted by atomic mass is 79.9. The van der Waals surface area contributed by atoms with E-state index in [1.54, 1.807) is 17.0 Å². The first-order valence-electron chi connectivity index (χ1n) is 10.1. The maximum atomic E-state index is 13.2. The van der Waals surface area contributed by atoms with Crippen LogP contribution in [0.25, 0.3) is 11.1 Å². The molecule has 30 heavy (non-hydrogen) atoms. The lowest BCUT2D eigenvalue weighted by Crippen LogP contribution is -2.47. The summed E-state index contributed by atoms with van der Waals surface area (Å²) in [4.78, 5) is 39.9. The van der Waals surface area contributed by atoms with Crippen LogP contribution in [0, 0.1) is 11.8 Å². The third-order valence-corrected chi connectivity index (χ3v) is 6.10. The van der Waals surface area contributed by atoms with E-state index in [0.29, 0.717) is 18.5 Å². The van der Waals surface area contributed by atoms with Crippen molar-refractivity contribution in [1.29, 1.82) is 0 Å². The number of methoxy groups -OCH3 is 1. The van der Waals surface area contributed by atoms with E-state index in [4.69, 9.17) is 4.74 Å². The Labute approximate surface area is 185 Å². The van der Waals surface area contributed by atoms with Crippen molar-refractivity contribution in [3.05, 3.63) is 58.6 Å². The first kappa shape index (κ1) is 22.2. The zero-order valence-corrected chi connectivity index (χ0v) is 19.0. The molecule has 6 heteroatoms. The predicted octanol–water partition coefficient (Wildman–Crippen LogP) is 4.74. The van der Waals surface area contributed by atoms with Gasteiger partial charge in [0.1, 0.15) is 5.92 Å². The topological polar surface area (TPSA) is 63.7 Å². The number of hydrogen-bond donors (Lipinski definition) is 0. The number of Topliss-reactive ketones (excluding diaryl/α,β-unsaturated/α-hetero) is 1. The second kappa shape index (κ2) is 9.56. The SMILES string of the molecule is COC(=O)C(C(=O)N1CCCC1C(=O)c1ccc(-c2ccc(Br)cc2)cc1)C(C)C. The van der Waals surface area contributed by atoms with E-state index in [-0.39, 0.29) is 17.6 Å². The third-order valence-electron chi connectivity index (χ3n) is 5.57. The van der Waals surface area contributed by atoms with Gasteiger partial charge in [0.05, 0.1) is 13.2 Å². The van der Waals surface area contributed by atoms with Gasteiger partial charge in [-0.25, -0.2) is 0 Å². The van der Waals surface area contributed by atoms with Gasteiger partial charge in [-0.1, -0.05) is 66.2 Å². The quantitative estimate of drug-likeness (QED) is 0.346. The number of ether oxygens (including phenoxy) is 1. The molecule has 0 saturated carbocycles. The Kier molecular flexibility index (Phi) is 7.08. The lowest BCUT2D eigenvalue weighted by molar-refractivity contribution is -0.155. The molecule has 1 aliphatic rings. The lowest BCUT2D eigenvalue weighted by atomic mass is 9.93. The first-order valence-corrected chi connectivity index (χ1v) is 10.9. The van der Waals surface area contributed by atoms with Crippen LogP contribution in [0.3, 0.4) is 0 Å². The molecule has 1 aliphatic heterocycles. The van der Waals surface area contributed by atoms with Gasteiger partial charge >= 0.3 is 5.97 Å². The van der Waals surface area contributed by atoms with Gasteiger partial charge in [-0.15, -0.1) is 0 Å². The fraction of sp³-hybridized carbons (Fsp3) is 0.375. The minimum Gasteiger partial charge on any atom is -0.468 e. The Morgan fingerprint density at radius 2 is 1.57 bits per heavy atom. The van der Waals surface area contributed by atoms with Gasteiger partial charge in [0.15, 0.2) is 5.78 Å². The lowest BCUT2D eigenvalue weighted by Gasteiger charge is -2.28. The minimum atomic E-state index is -0.886. The van der Waals surface area contributed by atoms with Gasteiger partial charge in [-0.3, -0.25) is 14.4 Å². The Balaban J connectivity index is 1.79. The summed E-state index contributed by atoms with van der Waals surface area (Å²) in [6.45, 7) is 4.10. The molecular weight excluding hydrogens is 446 g/mol. The summed E-state index contributed by atoms with van der Waals surface area (Å²) in [6.07, 6.45) is 1.34. The fourth-order valence-corrected chi connectivity index (χ4v) is 4.19. The standard InChI is InChI=1S/C24H26BrNO4/c1-15(2)21(24(29)30-3)23(28)26-14-4-5-20(26)22(27)18-8-6-16(7-9-18)17-10-12-19(25)13-11-17/h6-13,15,20-21H,4-5,14H2,1-3H3. The molecule has 0 aromatic heterocycles. The molecule has 2 aromatic rings. The van der Waals surface area contributed by atoms with E-state index in [1.807, 2.05) is 50.2 Å². The molecular formula is C24H26BrNO4. The van der Waals surface area contributed by atoms with E-state index in [1.165, 1.54) is 7.11 Å². The zero-order chi connectivity index (χ0) is 21.8. The normalized spacial score (nSPS) is 17.1. The van der Waals surface area contributed by atoms with Crippen molar-refractivity contribution in [3.8, 4) is 11.1 Å².